The molecule has 17 heteroatoms. The molecule has 2 aliphatic heterocycles. The number of hydrogen-bond acceptors (Lipinski definition) is 13. The number of β-lactam (4-membered cyclic amide) rings is 1. The van der Waals surface area contributed by atoms with Gasteiger partial charge in [0.1, 0.15) is 28.3 Å². The molecule has 0 spiro atoms. The zero-order chi connectivity index (χ0) is 47.6. The lowest BCUT2D eigenvalue weighted by Gasteiger charge is -2.49. The molecule has 0 unspecified atom stereocenters. The second-order valence-corrected chi connectivity index (χ2v) is 18.5. The lowest BCUT2D eigenvalue weighted by Crippen LogP contribution is -2.71. The number of anilines is 1. The number of thiazole rings is 1. The van der Waals surface area contributed by atoms with Crippen LogP contribution in [0.1, 0.15) is 39.6 Å². The number of oxime groups is 1. The number of nitrogens with zero attached hydrogens (tertiary/aromatic N) is 4. The number of carboxylic acid groups (broad SMARTS) is 1. The Hall–Kier alpha value is -7.47. The normalized spacial score (nSPS) is 15.9. The number of carboxylic acids is 1. The van der Waals surface area contributed by atoms with Crippen LogP contribution in [0.4, 0.5) is 5.13 Å². The molecule has 0 bridgehead atoms. The van der Waals surface area contributed by atoms with Crippen molar-refractivity contribution >= 4 is 75.4 Å². The molecule has 1 aromatic heterocycles. The number of benzene rings is 5. The first-order chi connectivity index (χ1) is 33.0. The van der Waals surface area contributed by atoms with Crippen LogP contribution in [0.3, 0.4) is 0 Å². The van der Waals surface area contributed by atoms with E-state index in [2.05, 4.69) is 15.8 Å². The number of thioether (sulfide) groups is 2. The van der Waals surface area contributed by atoms with Crippen molar-refractivity contribution in [3.05, 3.63) is 213 Å². The maximum atomic E-state index is 14.4. The van der Waals surface area contributed by atoms with Crippen molar-refractivity contribution in [2.24, 2.45) is 5.16 Å². The maximum absolute atomic E-state index is 14.4. The minimum absolute atomic E-state index is 0.0710. The van der Waals surface area contributed by atoms with Gasteiger partial charge in [-0.05, 0) is 33.2 Å². The number of carbonyl (C=O) groups is 5. The summed E-state index contributed by atoms with van der Waals surface area (Å²) in [5.74, 6) is -3.70. The van der Waals surface area contributed by atoms with Gasteiger partial charge in [0.25, 0.3) is 11.8 Å². The van der Waals surface area contributed by atoms with Crippen LogP contribution in [0.15, 0.2) is 184 Å². The molecule has 2 atom stereocenters. The molecule has 3 heterocycles. The number of likely N-dealkylation sites (N-methyl/N-ethyl adjacent to an activating group) is 1. The van der Waals surface area contributed by atoms with E-state index in [-0.39, 0.29) is 28.8 Å². The summed E-state index contributed by atoms with van der Waals surface area (Å²) < 4.78 is 5.92. The van der Waals surface area contributed by atoms with Crippen molar-refractivity contribution in [1.29, 1.82) is 0 Å². The van der Waals surface area contributed by atoms with Crippen molar-refractivity contribution < 1.29 is 38.7 Å². The Kier molecular flexibility index (Phi) is 14.8. The van der Waals surface area contributed by atoms with Gasteiger partial charge in [-0.2, -0.15) is 0 Å². The number of fused-ring (bicyclic) bond motifs is 1. The van der Waals surface area contributed by atoms with Crippen molar-refractivity contribution in [2.75, 3.05) is 31.8 Å². The fourth-order valence-corrected chi connectivity index (χ4v) is 10.8. The smallest absolute Gasteiger partial charge is 0.353 e. The highest BCUT2D eigenvalue weighted by Crippen LogP contribution is 2.44. The number of aromatic nitrogens is 1. The Morgan fingerprint density at radius 1 is 0.853 bits per heavy atom. The predicted octanol–water partition coefficient (Wildman–Crippen LogP) is 7.63. The number of esters is 1. The third-order valence-corrected chi connectivity index (χ3v) is 14.1. The van der Waals surface area contributed by atoms with Gasteiger partial charge < -0.3 is 30.2 Å². The van der Waals surface area contributed by atoms with Gasteiger partial charge in [0.2, 0.25) is 12.5 Å². The molecule has 68 heavy (non-hydrogen) atoms. The van der Waals surface area contributed by atoms with Gasteiger partial charge in [0.05, 0.1) is 0 Å². The Morgan fingerprint density at radius 3 is 1.90 bits per heavy atom. The summed E-state index contributed by atoms with van der Waals surface area (Å²) in [6.07, 6.45) is 0.555. The van der Waals surface area contributed by atoms with Crippen LogP contribution in [0, 0.1) is 0 Å². The van der Waals surface area contributed by atoms with E-state index in [1.54, 1.807) is 19.5 Å². The highest BCUT2D eigenvalue weighted by molar-refractivity contribution is 8.08. The summed E-state index contributed by atoms with van der Waals surface area (Å²) in [6.45, 7) is -0.683. The number of ether oxygens (including phenoxy) is 1. The molecule has 2 aliphatic rings. The number of nitrogens with one attached hydrogen (secondary N) is 2. The van der Waals surface area contributed by atoms with Gasteiger partial charge in [0, 0.05) is 36.2 Å². The van der Waals surface area contributed by atoms with E-state index in [0.717, 1.165) is 44.5 Å². The summed E-state index contributed by atoms with van der Waals surface area (Å²) in [4.78, 5) is 79.7. The fourth-order valence-electron chi connectivity index (χ4n) is 7.70. The first-order valence-electron chi connectivity index (χ1n) is 21.2. The third-order valence-electron chi connectivity index (χ3n) is 11.0. The Balaban J connectivity index is 1.09. The maximum Gasteiger partial charge on any atom is 0.353 e. The highest BCUT2D eigenvalue weighted by atomic mass is 32.2. The largest absolute Gasteiger partial charge is 0.477 e. The van der Waals surface area contributed by atoms with Gasteiger partial charge >= 0.3 is 11.9 Å². The quantitative estimate of drug-likeness (QED) is 0.0192. The molecule has 14 nitrogen and oxygen atoms in total. The second kappa shape index (κ2) is 21.4. The van der Waals surface area contributed by atoms with Gasteiger partial charge in [-0.25, -0.2) is 14.6 Å². The zero-order valence-electron chi connectivity index (χ0n) is 36.6. The number of amides is 3. The van der Waals surface area contributed by atoms with Gasteiger partial charge in [0.15, 0.2) is 16.9 Å². The minimum Gasteiger partial charge on any atom is -0.477 e. The molecule has 1 saturated heterocycles. The van der Waals surface area contributed by atoms with E-state index >= 15 is 0 Å². The lowest BCUT2D eigenvalue weighted by molar-refractivity contribution is -0.153. The van der Waals surface area contributed by atoms with Gasteiger partial charge in [-0.3, -0.25) is 19.3 Å². The Labute approximate surface area is 404 Å². The van der Waals surface area contributed by atoms with E-state index in [4.69, 9.17) is 14.6 Å². The van der Waals surface area contributed by atoms with Crippen molar-refractivity contribution in [1.82, 2.24) is 20.1 Å². The summed E-state index contributed by atoms with van der Waals surface area (Å²) in [6, 6.07) is 47.0. The molecule has 3 amide bonds. The van der Waals surface area contributed by atoms with E-state index in [9.17, 15) is 29.1 Å². The Bertz CT molecular complexity index is 2730. The average Bonchev–Trinajstić information content (AvgIpc) is 3.84. The number of aliphatic carboxylic acids is 1. The summed E-state index contributed by atoms with van der Waals surface area (Å²) in [7, 11) is 3.19. The Morgan fingerprint density at radius 2 is 1.38 bits per heavy atom. The molecule has 5 aromatic carbocycles. The molecule has 0 saturated carbocycles. The van der Waals surface area contributed by atoms with Crippen LogP contribution in [0.5, 0.6) is 0 Å². The van der Waals surface area contributed by atoms with Crippen LogP contribution in [0.2, 0.25) is 0 Å². The predicted molar refractivity (Wildman–Crippen MR) is 263 cm³/mol. The van der Waals surface area contributed by atoms with Crippen molar-refractivity contribution in [3.8, 4) is 0 Å². The zero-order valence-corrected chi connectivity index (χ0v) is 39.1. The van der Waals surface area contributed by atoms with Crippen LogP contribution < -0.4 is 10.6 Å². The lowest BCUT2D eigenvalue weighted by atomic mass is 9.77. The number of carbonyl (C=O) groups excluding carboxylic acids is 4. The summed E-state index contributed by atoms with van der Waals surface area (Å²) in [5, 5.41) is 23.6. The molecular formula is C51H44N6O8S3. The molecule has 0 radical (unpaired) electrons. The van der Waals surface area contributed by atoms with Gasteiger partial charge in [-0.15, -0.1) is 23.1 Å². The highest BCUT2D eigenvalue weighted by Gasteiger charge is 2.54. The summed E-state index contributed by atoms with van der Waals surface area (Å²) in [5.41, 5.74) is 2.75. The molecule has 1 fully saturated rings. The first kappa shape index (κ1) is 47.0. The van der Waals surface area contributed by atoms with E-state index in [1.807, 2.05) is 152 Å². The molecular weight excluding hydrogens is 921 g/mol. The molecule has 344 valence electrons. The van der Waals surface area contributed by atoms with Crippen LogP contribution >= 0.6 is 34.9 Å². The molecule has 0 aliphatic carbocycles. The second-order valence-electron chi connectivity index (χ2n) is 15.5. The standard InChI is InChI=1S/C51H44N6O8S3/c1-56(2)40(58)28-29-66-39-32-67-48-43(47(61)57(48)44(39)49(62)63)53-46(60)42(55-64-30-41(59)65-45(33-18-8-3-9-19-33)34-20-10-4-11-21-34)38-31-68-50(52-38)54-51(35-22-12-5-13-23-35,36-24-14-6-15-25-36)37-26-16-7-17-27-37/h3-29,31,43,45,48H,30,32H2,1-2H3,(H,52,54)(H,53,60)(H,62,63)/t43-,48+/m1/s1. The summed E-state index contributed by atoms with van der Waals surface area (Å²) >= 11 is 3.50. The monoisotopic (exact) mass is 964 g/mol. The van der Waals surface area contributed by atoms with Crippen LogP contribution in [0.25, 0.3) is 0 Å². The molecule has 8 rings (SSSR count). The topological polar surface area (TPSA) is 180 Å². The van der Waals surface area contributed by atoms with Gasteiger partial charge in [-0.1, -0.05) is 169 Å². The number of hydrogen-bond donors (Lipinski definition) is 3. The van der Waals surface area contributed by atoms with E-state index in [1.165, 1.54) is 39.5 Å². The van der Waals surface area contributed by atoms with E-state index < -0.39 is 53.4 Å². The SMILES string of the molecule is CN(C)C(=O)C=CSC1=C(C(=O)O)N2C(=O)[C@@H](NC(=O)C(=NOCC(=O)OC(c3ccccc3)c3ccccc3)c3csc(NC(c4ccccc4)(c4ccccc4)c4ccccc4)n3)[C@@H]2SC1. The van der Waals surface area contributed by atoms with Crippen molar-refractivity contribution in [3.63, 3.8) is 0 Å². The van der Waals surface area contributed by atoms with E-state index in [0.29, 0.717) is 10.0 Å². The van der Waals surface area contributed by atoms with Crippen LogP contribution in [-0.2, 0) is 39.1 Å². The molecule has 6 aromatic rings. The fraction of sp³-hybridized carbons (Fsp3) is 0.157. The molecule has 3 N–H and O–H groups in total. The van der Waals surface area contributed by atoms with Crippen molar-refractivity contribution in [2.45, 2.75) is 23.1 Å². The number of rotatable bonds is 18. The minimum atomic E-state index is -1.33. The average molecular weight is 965 g/mol. The first-order valence-corrected chi connectivity index (χ1v) is 24.0. The van der Waals surface area contributed by atoms with Crippen LogP contribution in [-0.4, -0.2) is 93.1 Å². The third kappa shape index (κ3) is 10.2.